The van der Waals surface area contributed by atoms with Crippen LogP contribution in [0.2, 0.25) is 5.02 Å². The lowest BCUT2D eigenvalue weighted by Gasteiger charge is -2.13. The molecular formula is C9H6ClN3. The molecule has 0 saturated carbocycles. The molecule has 3 nitrogen and oxygen atoms in total. The molecular weight excluding hydrogens is 186 g/mol. The Labute approximate surface area is 80.6 Å². The Balaban J connectivity index is 2.64. The monoisotopic (exact) mass is 191 g/mol. The summed E-state index contributed by atoms with van der Waals surface area (Å²) in [6, 6.07) is 5.69. The van der Waals surface area contributed by atoms with E-state index in [-0.39, 0.29) is 0 Å². The second-order valence-electron chi connectivity index (χ2n) is 2.70. The van der Waals surface area contributed by atoms with E-state index in [2.05, 4.69) is 16.6 Å². The lowest BCUT2D eigenvalue weighted by Crippen LogP contribution is -2.05. The lowest BCUT2D eigenvalue weighted by molar-refractivity contribution is 1.20. The van der Waals surface area contributed by atoms with Crippen LogP contribution in [0.15, 0.2) is 17.2 Å². The van der Waals surface area contributed by atoms with Gasteiger partial charge in [0.15, 0.2) is 0 Å². The zero-order chi connectivity index (χ0) is 9.26. The molecule has 64 valence electrons. The minimum Gasteiger partial charge on any atom is -0.277 e. The van der Waals surface area contributed by atoms with Crippen LogP contribution in [-0.4, -0.2) is 6.21 Å². The number of hydrogen-bond acceptors (Lipinski definition) is 3. The van der Waals surface area contributed by atoms with Gasteiger partial charge in [-0.2, -0.15) is 10.4 Å². The van der Waals surface area contributed by atoms with E-state index in [0.29, 0.717) is 10.6 Å². The summed E-state index contributed by atoms with van der Waals surface area (Å²) in [4.78, 5) is 0. The predicted octanol–water partition coefficient (Wildman–Crippen LogP) is 2.17. The number of benzene rings is 1. The van der Waals surface area contributed by atoms with E-state index in [1.165, 1.54) is 0 Å². The van der Waals surface area contributed by atoms with Crippen molar-refractivity contribution < 1.29 is 0 Å². The van der Waals surface area contributed by atoms with Gasteiger partial charge in [-0.15, -0.1) is 0 Å². The number of nitriles is 1. The quantitative estimate of drug-likeness (QED) is 0.683. The molecule has 0 saturated heterocycles. The van der Waals surface area contributed by atoms with Gasteiger partial charge in [-0.05, 0) is 11.6 Å². The van der Waals surface area contributed by atoms with E-state index in [9.17, 15) is 0 Å². The average molecular weight is 192 g/mol. The van der Waals surface area contributed by atoms with Gasteiger partial charge in [0.05, 0.1) is 16.3 Å². The number of anilines is 1. The van der Waals surface area contributed by atoms with Crippen molar-refractivity contribution in [2.75, 3.05) is 5.43 Å². The highest BCUT2D eigenvalue weighted by atomic mass is 35.5. The number of hydrogen-bond donors (Lipinski definition) is 1. The van der Waals surface area contributed by atoms with E-state index in [4.69, 9.17) is 16.9 Å². The van der Waals surface area contributed by atoms with Crippen molar-refractivity contribution in [3.8, 4) is 6.07 Å². The summed E-state index contributed by atoms with van der Waals surface area (Å²) >= 11 is 5.85. The fourth-order valence-electron chi connectivity index (χ4n) is 1.28. The highest BCUT2D eigenvalue weighted by molar-refractivity contribution is 6.32. The van der Waals surface area contributed by atoms with Crippen LogP contribution in [0.25, 0.3) is 0 Å². The molecule has 0 amide bonds. The minimum atomic E-state index is 0.464. The van der Waals surface area contributed by atoms with Crippen LogP contribution in [0.4, 0.5) is 5.69 Å². The Morgan fingerprint density at radius 2 is 2.38 bits per heavy atom. The van der Waals surface area contributed by atoms with Crippen LogP contribution in [0.3, 0.4) is 0 Å². The molecule has 1 aromatic rings. The highest BCUT2D eigenvalue weighted by Crippen LogP contribution is 2.29. The first-order valence-corrected chi connectivity index (χ1v) is 4.19. The zero-order valence-electron chi connectivity index (χ0n) is 6.71. The lowest BCUT2D eigenvalue weighted by atomic mass is 10.0. The number of rotatable bonds is 0. The van der Waals surface area contributed by atoms with Gasteiger partial charge in [0.2, 0.25) is 0 Å². The summed E-state index contributed by atoms with van der Waals surface area (Å²) in [6.45, 7) is 0. The number of hydrazone groups is 1. The Kier molecular flexibility index (Phi) is 1.91. The molecule has 0 aromatic heterocycles. The average Bonchev–Trinajstić information content (AvgIpc) is 2.18. The SMILES string of the molecule is N#Cc1c(Cl)ccc2c1NN=CC2. The largest absolute Gasteiger partial charge is 0.277 e. The second-order valence-corrected chi connectivity index (χ2v) is 3.10. The molecule has 1 aromatic carbocycles. The van der Waals surface area contributed by atoms with Crippen molar-refractivity contribution in [3.05, 3.63) is 28.3 Å². The first-order valence-electron chi connectivity index (χ1n) is 3.82. The Morgan fingerprint density at radius 3 is 3.15 bits per heavy atom. The second kappa shape index (κ2) is 3.08. The maximum Gasteiger partial charge on any atom is 0.103 e. The van der Waals surface area contributed by atoms with Crippen LogP contribution in [-0.2, 0) is 6.42 Å². The van der Waals surface area contributed by atoms with Crippen molar-refractivity contribution in [1.29, 1.82) is 5.26 Å². The van der Waals surface area contributed by atoms with Crippen molar-refractivity contribution in [2.45, 2.75) is 6.42 Å². The fraction of sp³-hybridized carbons (Fsp3) is 0.111. The molecule has 13 heavy (non-hydrogen) atoms. The minimum absolute atomic E-state index is 0.464. The zero-order valence-corrected chi connectivity index (χ0v) is 7.47. The summed E-state index contributed by atoms with van der Waals surface area (Å²) < 4.78 is 0. The third-order valence-electron chi connectivity index (χ3n) is 1.93. The van der Waals surface area contributed by atoms with Crippen molar-refractivity contribution in [1.82, 2.24) is 0 Å². The molecule has 1 N–H and O–H groups in total. The maximum absolute atomic E-state index is 8.85. The molecule has 1 heterocycles. The third-order valence-corrected chi connectivity index (χ3v) is 2.25. The van der Waals surface area contributed by atoms with Gasteiger partial charge >= 0.3 is 0 Å². The number of fused-ring (bicyclic) bond motifs is 1. The molecule has 0 bridgehead atoms. The first-order chi connectivity index (χ1) is 6.33. The normalized spacial score (nSPS) is 12.9. The van der Waals surface area contributed by atoms with Gasteiger partial charge in [0.25, 0.3) is 0 Å². The molecule has 0 aliphatic carbocycles. The van der Waals surface area contributed by atoms with Crippen molar-refractivity contribution >= 4 is 23.5 Å². The summed E-state index contributed by atoms with van der Waals surface area (Å²) in [5, 5.41) is 13.2. The summed E-state index contributed by atoms with van der Waals surface area (Å²) in [5.74, 6) is 0. The van der Waals surface area contributed by atoms with Crippen molar-refractivity contribution in [2.24, 2.45) is 5.10 Å². The van der Waals surface area contributed by atoms with Gasteiger partial charge in [0.1, 0.15) is 6.07 Å². The van der Waals surface area contributed by atoms with Crippen LogP contribution < -0.4 is 5.43 Å². The molecule has 1 aliphatic heterocycles. The van der Waals surface area contributed by atoms with Gasteiger partial charge < -0.3 is 0 Å². The topological polar surface area (TPSA) is 48.2 Å². The van der Waals surface area contributed by atoms with E-state index < -0.39 is 0 Å². The van der Waals surface area contributed by atoms with Gasteiger partial charge in [-0.25, -0.2) is 0 Å². The Hall–Kier alpha value is -1.53. The summed E-state index contributed by atoms with van der Waals surface area (Å²) in [6.07, 6.45) is 2.51. The Bertz CT molecular complexity index is 418. The molecule has 1 aliphatic rings. The van der Waals surface area contributed by atoms with E-state index >= 15 is 0 Å². The molecule has 0 atom stereocenters. The van der Waals surface area contributed by atoms with Crippen molar-refractivity contribution in [3.63, 3.8) is 0 Å². The highest BCUT2D eigenvalue weighted by Gasteiger charge is 2.13. The summed E-state index contributed by atoms with van der Waals surface area (Å²) in [5.41, 5.74) is 5.04. The molecule has 4 heteroatoms. The smallest absolute Gasteiger partial charge is 0.103 e. The molecule has 0 fully saturated rings. The molecule has 0 spiro atoms. The summed E-state index contributed by atoms with van der Waals surface area (Å²) in [7, 11) is 0. The predicted molar refractivity (Wildman–Crippen MR) is 52.0 cm³/mol. The Morgan fingerprint density at radius 1 is 1.54 bits per heavy atom. The van der Waals surface area contributed by atoms with Gasteiger partial charge in [-0.1, -0.05) is 17.7 Å². The first kappa shape index (κ1) is 8.09. The van der Waals surface area contributed by atoms with E-state index in [1.807, 2.05) is 6.07 Å². The van der Waals surface area contributed by atoms with Gasteiger partial charge in [-0.3, -0.25) is 5.43 Å². The molecule has 0 radical (unpaired) electrons. The number of nitrogens with zero attached hydrogens (tertiary/aromatic N) is 2. The maximum atomic E-state index is 8.85. The third kappa shape index (κ3) is 1.25. The van der Waals surface area contributed by atoms with Crippen LogP contribution in [0, 0.1) is 11.3 Å². The van der Waals surface area contributed by atoms with Crippen LogP contribution >= 0.6 is 11.6 Å². The molecule has 0 unspecified atom stereocenters. The van der Waals surface area contributed by atoms with E-state index in [1.54, 1.807) is 12.3 Å². The van der Waals surface area contributed by atoms with Gasteiger partial charge in [0, 0.05) is 12.6 Å². The number of halogens is 1. The standard InChI is InChI=1S/C9H6ClN3/c10-8-2-1-6-3-4-12-13-9(6)7(8)5-11/h1-2,4,13H,3H2. The fourth-order valence-corrected chi connectivity index (χ4v) is 1.48. The molecule has 2 rings (SSSR count). The number of nitrogens with one attached hydrogen (secondary N) is 1. The van der Waals surface area contributed by atoms with Crippen LogP contribution in [0.5, 0.6) is 0 Å². The van der Waals surface area contributed by atoms with Crippen LogP contribution in [0.1, 0.15) is 11.1 Å². The van der Waals surface area contributed by atoms with E-state index in [0.717, 1.165) is 17.7 Å².